The molecule has 0 amide bonds. The van der Waals surface area contributed by atoms with E-state index in [9.17, 15) is 5.11 Å². The molecule has 0 unspecified atom stereocenters. The van der Waals surface area contributed by atoms with Crippen molar-refractivity contribution in [1.82, 2.24) is 0 Å². The van der Waals surface area contributed by atoms with Gasteiger partial charge in [-0.1, -0.05) is 0 Å². The van der Waals surface area contributed by atoms with Crippen molar-refractivity contribution in [2.24, 2.45) is 0 Å². The van der Waals surface area contributed by atoms with Gasteiger partial charge < -0.3 is 20.5 Å². The molecule has 19 heavy (non-hydrogen) atoms. The van der Waals surface area contributed by atoms with Crippen LogP contribution in [0.15, 0.2) is 18.2 Å². The Labute approximate surface area is 116 Å². The summed E-state index contributed by atoms with van der Waals surface area (Å²) in [4.78, 5) is 2.10. The predicted molar refractivity (Wildman–Crippen MR) is 80.8 cm³/mol. The molecule has 0 saturated carbocycles. The molecule has 1 aromatic rings. The zero-order valence-corrected chi connectivity index (χ0v) is 12.6. The Hall–Kier alpha value is -1.42. The standard InChI is InChI=1S/C15H26N2O2/c1-6-17(10-15(4,5)18)12-7-8-13(16)14(9-12)19-11(2)3/h7-9,11,18H,6,10,16H2,1-5H3. The zero-order chi connectivity index (χ0) is 14.6. The summed E-state index contributed by atoms with van der Waals surface area (Å²) in [6.45, 7) is 11.0. The molecule has 0 radical (unpaired) electrons. The second kappa shape index (κ2) is 6.15. The van der Waals surface area contributed by atoms with Crippen molar-refractivity contribution in [2.45, 2.75) is 46.3 Å². The second-order valence-electron chi connectivity index (χ2n) is 5.72. The van der Waals surface area contributed by atoms with Gasteiger partial charge in [0.25, 0.3) is 0 Å². The number of hydrogen-bond acceptors (Lipinski definition) is 4. The van der Waals surface area contributed by atoms with Crippen LogP contribution in [-0.4, -0.2) is 29.9 Å². The van der Waals surface area contributed by atoms with Gasteiger partial charge in [-0.25, -0.2) is 0 Å². The first-order valence-corrected chi connectivity index (χ1v) is 6.76. The third-order valence-electron chi connectivity index (χ3n) is 2.68. The number of nitrogens with two attached hydrogens (primary N) is 1. The fourth-order valence-corrected chi connectivity index (χ4v) is 1.93. The van der Waals surface area contributed by atoms with Crippen LogP contribution in [0.2, 0.25) is 0 Å². The largest absolute Gasteiger partial charge is 0.489 e. The van der Waals surface area contributed by atoms with Crippen LogP contribution in [0.1, 0.15) is 34.6 Å². The van der Waals surface area contributed by atoms with Crippen molar-refractivity contribution in [3.63, 3.8) is 0 Å². The lowest BCUT2D eigenvalue weighted by molar-refractivity contribution is 0.0875. The summed E-state index contributed by atoms with van der Waals surface area (Å²) in [5.41, 5.74) is 6.82. The highest BCUT2D eigenvalue weighted by Crippen LogP contribution is 2.29. The number of aliphatic hydroxyl groups is 1. The number of nitrogens with zero attached hydrogens (tertiary/aromatic N) is 1. The Bertz CT molecular complexity index is 411. The topological polar surface area (TPSA) is 58.7 Å². The molecule has 0 aliphatic carbocycles. The monoisotopic (exact) mass is 266 g/mol. The quantitative estimate of drug-likeness (QED) is 0.777. The molecule has 108 valence electrons. The van der Waals surface area contributed by atoms with Gasteiger partial charge in [0.2, 0.25) is 0 Å². The second-order valence-corrected chi connectivity index (χ2v) is 5.72. The van der Waals surface area contributed by atoms with Gasteiger partial charge in [-0.05, 0) is 46.8 Å². The molecule has 0 aliphatic heterocycles. The average Bonchev–Trinajstić information content (AvgIpc) is 2.27. The van der Waals surface area contributed by atoms with Gasteiger partial charge >= 0.3 is 0 Å². The average molecular weight is 266 g/mol. The fraction of sp³-hybridized carbons (Fsp3) is 0.600. The number of ether oxygens (including phenoxy) is 1. The van der Waals surface area contributed by atoms with Gasteiger partial charge in [-0.15, -0.1) is 0 Å². The number of anilines is 2. The molecule has 0 aromatic heterocycles. The van der Waals surface area contributed by atoms with E-state index in [1.54, 1.807) is 13.8 Å². The van der Waals surface area contributed by atoms with Gasteiger partial charge in [-0.2, -0.15) is 0 Å². The van der Waals surface area contributed by atoms with E-state index in [2.05, 4.69) is 11.8 Å². The number of benzene rings is 1. The van der Waals surface area contributed by atoms with Crippen molar-refractivity contribution in [3.05, 3.63) is 18.2 Å². The molecule has 0 atom stereocenters. The summed E-state index contributed by atoms with van der Waals surface area (Å²) < 4.78 is 5.70. The highest BCUT2D eigenvalue weighted by Gasteiger charge is 2.18. The molecule has 0 bridgehead atoms. The molecule has 4 heteroatoms. The Balaban J connectivity index is 2.98. The Morgan fingerprint density at radius 1 is 1.37 bits per heavy atom. The van der Waals surface area contributed by atoms with Crippen LogP contribution in [0.4, 0.5) is 11.4 Å². The third kappa shape index (κ3) is 4.99. The number of likely N-dealkylation sites (N-methyl/N-ethyl adjacent to an activating group) is 1. The van der Waals surface area contributed by atoms with Crippen LogP contribution >= 0.6 is 0 Å². The number of rotatable bonds is 6. The molecular weight excluding hydrogens is 240 g/mol. The van der Waals surface area contributed by atoms with E-state index in [4.69, 9.17) is 10.5 Å². The first kappa shape index (κ1) is 15.6. The van der Waals surface area contributed by atoms with Crippen molar-refractivity contribution in [2.75, 3.05) is 23.7 Å². The molecule has 4 nitrogen and oxygen atoms in total. The molecule has 1 rings (SSSR count). The first-order chi connectivity index (χ1) is 8.73. The minimum atomic E-state index is -0.740. The van der Waals surface area contributed by atoms with Gasteiger partial charge in [0.1, 0.15) is 5.75 Å². The summed E-state index contributed by atoms with van der Waals surface area (Å²) in [6.07, 6.45) is 0.0851. The van der Waals surface area contributed by atoms with Crippen LogP contribution < -0.4 is 15.4 Å². The van der Waals surface area contributed by atoms with Gasteiger partial charge in [0, 0.05) is 24.8 Å². The van der Waals surface area contributed by atoms with Crippen molar-refractivity contribution in [1.29, 1.82) is 0 Å². The minimum absolute atomic E-state index is 0.0851. The van der Waals surface area contributed by atoms with E-state index >= 15 is 0 Å². The van der Waals surface area contributed by atoms with Crippen LogP contribution in [0, 0.1) is 0 Å². The molecule has 0 saturated heterocycles. The highest BCUT2D eigenvalue weighted by atomic mass is 16.5. The Morgan fingerprint density at radius 2 is 2.00 bits per heavy atom. The summed E-state index contributed by atoms with van der Waals surface area (Å²) in [6, 6.07) is 5.74. The molecule has 1 aromatic carbocycles. The van der Waals surface area contributed by atoms with Crippen LogP contribution in [0.25, 0.3) is 0 Å². The van der Waals surface area contributed by atoms with Crippen LogP contribution in [-0.2, 0) is 0 Å². The van der Waals surface area contributed by atoms with Crippen LogP contribution in [0.3, 0.4) is 0 Å². The lowest BCUT2D eigenvalue weighted by Gasteiger charge is -2.30. The van der Waals surface area contributed by atoms with E-state index in [1.807, 2.05) is 32.0 Å². The van der Waals surface area contributed by atoms with E-state index in [0.717, 1.165) is 12.2 Å². The predicted octanol–water partition coefficient (Wildman–Crippen LogP) is 2.65. The summed E-state index contributed by atoms with van der Waals surface area (Å²) in [5, 5.41) is 9.95. The molecule has 3 N–H and O–H groups in total. The maximum absolute atomic E-state index is 9.95. The normalized spacial score (nSPS) is 11.7. The SMILES string of the molecule is CCN(CC(C)(C)O)c1ccc(N)c(OC(C)C)c1. The molecule has 0 fully saturated rings. The highest BCUT2D eigenvalue weighted by molar-refractivity contribution is 5.62. The smallest absolute Gasteiger partial charge is 0.144 e. The van der Waals surface area contributed by atoms with E-state index < -0.39 is 5.60 Å². The lowest BCUT2D eigenvalue weighted by Crippen LogP contribution is -2.38. The molecule has 0 heterocycles. The Kier molecular flexibility index (Phi) is 5.06. The fourth-order valence-electron chi connectivity index (χ4n) is 1.93. The minimum Gasteiger partial charge on any atom is -0.489 e. The van der Waals surface area contributed by atoms with E-state index in [-0.39, 0.29) is 6.10 Å². The Morgan fingerprint density at radius 3 is 2.47 bits per heavy atom. The molecule has 0 spiro atoms. The zero-order valence-electron chi connectivity index (χ0n) is 12.6. The van der Waals surface area contributed by atoms with Crippen molar-refractivity contribution in [3.8, 4) is 5.75 Å². The summed E-state index contributed by atoms with van der Waals surface area (Å²) in [5.74, 6) is 0.696. The van der Waals surface area contributed by atoms with Gasteiger partial charge in [0.15, 0.2) is 0 Å². The lowest BCUT2D eigenvalue weighted by atomic mass is 10.1. The third-order valence-corrected chi connectivity index (χ3v) is 2.68. The van der Waals surface area contributed by atoms with Crippen molar-refractivity contribution >= 4 is 11.4 Å². The number of nitrogen functional groups attached to an aromatic ring is 1. The van der Waals surface area contributed by atoms with Crippen molar-refractivity contribution < 1.29 is 9.84 Å². The van der Waals surface area contributed by atoms with Crippen LogP contribution in [0.5, 0.6) is 5.75 Å². The molecule has 0 aliphatic rings. The van der Waals surface area contributed by atoms with Gasteiger partial charge in [0.05, 0.1) is 17.4 Å². The molecular formula is C15H26N2O2. The van der Waals surface area contributed by atoms with E-state index in [0.29, 0.717) is 18.0 Å². The number of hydrogen-bond donors (Lipinski definition) is 2. The summed E-state index contributed by atoms with van der Waals surface area (Å²) in [7, 11) is 0. The van der Waals surface area contributed by atoms with E-state index in [1.165, 1.54) is 0 Å². The van der Waals surface area contributed by atoms with Gasteiger partial charge in [-0.3, -0.25) is 0 Å². The maximum atomic E-state index is 9.95. The maximum Gasteiger partial charge on any atom is 0.144 e. The summed E-state index contributed by atoms with van der Waals surface area (Å²) >= 11 is 0. The first-order valence-electron chi connectivity index (χ1n) is 6.76.